The molecule has 3 N–H and O–H groups in total. The molecule has 0 heterocycles. The predicted molar refractivity (Wildman–Crippen MR) is 106 cm³/mol. The Bertz CT molecular complexity index is 755. The molecule has 0 saturated carbocycles. The molecule has 25 heavy (non-hydrogen) atoms. The van der Waals surface area contributed by atoms with Crippen molar-refractivity contribution < 1.29 is 14.5 Å². The second-order valence-corrected chi connectivity index (χ2v) is 7.38. The van der Waals surface area contributed by atoms with E-state index in [-0.39, 0.29) is 24.9 Å². The standard InChI is InChI=1S/C18H20BrN3O2S/c1-22(11-17(23)20-14-7-5-6-13(19)10-14)12-18(24)21-15-8-3-4-9-16(15)25-2/h3-10H,11-12H2,1-2H3,(H,20,23)(H,21,24)/p+1. The largest absolute Gasteiger partial charge is 0.322 e. The lowest BCUT2D eigenvalue weighted by Crippen LogP contribution is -3.11. The van der Waals surface area contributed by atoms with E-state index < -0.39 is 0 Å². The number of halogens is 1. The Morgan fingerprint density at radius 3 is 2.40 bits per heavy atom. The highest BCUT2D eigenvalue weighted by atomic mass is 79.9. The van der Waals surface area contributed by atoms with Crippen LogP contribution in [-0.2, 0) is 9.59 Å². The molecule has 2 amide bonds. The van der Waals surface area contributed by atoms with Crippen LogP contribution in [0.3, 0.4) is 0 Å². The zero-order chi connectivity index (χ0) is 18.2. The predicted octanol–water partition coefficient (Wildman–Crippen LogP) is 2.26. The molecular formula is C18H21BrN3O2S+. The average Bonchev–Trinajstić information content (AvgIpc) is 2.54. The van der Waals surface area contributed by atoms with Crippen LogP contribution in [0.4, 0.5) is 11.4 Å². The Morgan fingerprint density at radius 1 is 1.04 bits per heavy atom. The summed E-state index contributed by atoms with van der Waals surface area (Å²) in [6.45, 7) is 0.429. The first-order valence-electron chi connectivity index (χ1n) is 7.77. The summed E-state index contributed by atoms with van der Waals surface area (Å²) in [7, 11) is 1.82. The maximum Gasteiger partial charge on any atom is 0.279 e. The van der Waals surface area contributed by atoms with Crippen LogP contribution in [0.1, 0.15) is 0 Å². The molecule has 5 nitrogen and oxygen atoms in total. The molecule has 2 aromatic carbocycles. The molecule has 0 aliphatic rings. The number of amides is 2. The summed E-state index contributed by atoms with van der Waals surface area (Å²) in [6, 6.07) is 15.1. The summed E-state index contributed by atoms with van der Waals surface area (Å²) in [5.41, 5.74) is 1.52. The number of carbonyl (C=O) groups is 2. The molecule has 2 aromatic rings. The van der Waals surface area contributed by atoms with Crippen molar-refractivity contribution in [3.63, 3.8) is 0 Å². The van der Waals surface area contributed by atoms with Crippen LogP contribution >= 0.6 is 27.7 Å². The van der Waals surface area contributed by atoms with Crippen molar-refractivity contribution in [2.45, 2.75) is 4.90 Å². The molecular weight excluding hydrogens is 402 g/mol. The van der Waals surface area contributed by atoms with Crippen molar-refractivity contribution in [2.24, 2.45) is 0 Å². The van der Waals surface area contributed by atoms with Crippen molar-refractivity contribution in [1.82, 2.24) is 0 Å². The highest BCUT2D eigenvalue weighted by Gasteiger charge is 2.15. The zero-order valence-corrected chi connectivity index (χ0v) is 16.5. The maximum atomic E-state index is 12.2. The Hall–Kier alpha value is -1.83. The molecule has 132 valence electrons. The summed E-state index contributed by atoms with van der Waals surface area (Å²) in [5, 5.41) is 5.73. The van der Waals surface area contributed by atoms with Crippen LogP contribution in [-0.4, -0.2) is 38.2 Å². The fourth-order valence-corrected chi connectivity index (χ4v) is 3.28. The zero-order valence-electron chi connectivity index (χ0n) is 14.1. The minimum atomic E-state index is -0.132. The second-order valence-electron chi connectivity index (χ2n) is 5.62. The van der Waals surface area contributed by atoms with E-state index in [0.717, 1.165) is 25.6 Å². The van der Waals surface area contributed by atoms with Gasteiger partial charge in [0.15, 0.2) is 13.1 Å². The monoisotopic (exact) mass is 422 g/mol. The normalized spacial score (nSPS) is 11.6. The first kappa shape index (κ1) is 19.5. The van der Waals surface area contributed by atoms with Crippen molar-refractivity contribution in [3.8, 4) is 0 Å². The van der Waals surface area contributed by atoms with Crippen LogP contribution in [0.5, 0.6) is 0 Å². The number of likely N-dealkylation sites (N-methyl/N-ethyl adjacent to an activating group) is 1. The molecule has 0 aliphatic carbocycles. The van der Waals surface area contributed by atoms with Crippen molar-refractivity contribution in [3.05, 3.63) is 53.0 Å². The molecule has 0 aliphatic heterocycles. The lowest BCUT2D eigenvalue weighted by atomic mass is 10.3. The molecule has 1 atom stereocenters. The fourth-order valence-electron chi connectivity index (χ4n) is 2.32. The Balaban J connectivity index is 1.83. The van der Waals surface area contributed by atoms with Gasteiger partial charge in [-0.3, -0.25) is 9.59 Å². The quantitative estimate of drug-likeness (QED) is 0.599. The first-order valence-corrected chi connectivity index (χ1v) is 9.79. The van der Waals surface area contributed by atoms with Gasteiger partial charge in [-0.2, -0.15) is 0 Å². The average molecular weight is 423 g/mol. The highest BCUT2D eigenvalue weighted by molar-refractivity contribution is 9.10. The minimum Gasteiger partial charge on any atom is -0.322 e. The number of quaternary nitrogens is 1. The van der Waals surface area contributed by atoms with Gasteiger partial charge in [0.2, 0.25) is 0 Å². The molecule has 0 saturated heterocycles. The number of para-hydroxylation sites is 1. The molecule has 7 heteroatoms. The number of rotatable bonds is 7. The van der Waals surface area contributed by atoms with E-state index in [0.29, 0.717) is 0 Å². The van der Waals surface area contributed by atoms with Gasteiger partial charge in [0.25, 0.3) is 11.8 Å². The maximum absolute atomic E-state index is 12.2. The molecule has 0 aromatic heterocycles. The van der Waals surface area contributed by atoms with E-state index in [2.05, 4.69) is 26.6 Å². The SMILES string of the molecule is CSc1ccccc1NC(=O)C[NH+](C)CC(=O)Nc1cccc(Br)c1. The minimum absolute atomic E-state index is 0.116. The number of nitrogens with one attached hydrogen (secondary N) is 3. The molecule has 0 fully saturated rings. The lowest BCUT2D eigenvalue weighted by molar-refractivity contribution is -0.862. The van der Waals surface area contributed by atoms with Crippen molar-refractivity contribution in [2.75, 3.05) is 37.0 Å². The number of anilines is 2. The van der Waals surface area contributed by atoms with E-state index in [4.69, 9.17) is 0 Å². The number of thioether (sulfide) groups is 1. The summed E-state index contributed by atoms with van der Waals surface area (Å²) in [4.78, 5) is 26.1. The van der Waals surface area contributed by atoms with Gasteiger partial charge in [-0.15, -0.1) is 11.8 Å². The Labute approximate surface area is 160 Å². The van der Waals surface area contributed by atoms with Crippen LogP contribution in [0.25, 0.3) is 0 Å². The number of carbonyl (C=O) groups excluding carboxylic acids is 2. The van der Waals surface area contributed by atoms with E-state index in [1.807, 2.05) is 61.8 Å². The van der Waals surface area contributed by atoms with Crippen LogP contribution in [0.2, 0.25) is 0 Å². The van der Waals surface area contributed by atoms with Gasteiger partial charge < -0.3 is 15.5 Å². The topological polar surface area (TPSA) is 62.6 Å². The third-order valence-electron chi connectivity index (χ3n) is 3.41. The molecule has 2 rings (SSSR count). The fraction of sp³-hybridized carbons (Fsp3) is 0.222. The van der Waals surface area contributed by atoms with Gasteiger partial charge in [0.1, 0.15) is 0 Å². The van der Waals surface area contributed by atoms with E-state index >= 15 is 0 Å². The van der Waals surface area contributed by atoms with Crippen LogP contribution in [0.15, 0.2) is 57.9 Å². The van der Waals surface area contributed by atoms with Gasteiger partial charge in [0.05, 0.1) is 12.7 Å². The summed E-state index contributed by atoms with van der Waals surface area (Å²) in [6.07, 6.45) is 1.97. The molecule has 0 spiro atoms. The Morgan fingerprint density at radius 2 is 1.72 bits per heavy atom. The molecule has 0 bridgehead atoms. The third kappa shape index (κ3) is 6.53. The highest BCUT2D eigenvalue weighted by Crippen LogP contribution is 2.24. The van der Waals surface area contributed by atoms with Crippen molar-refractivity contribution >= 4 is 50.9 Å². The first-order chi connectivity index (χ1) is 12.0. The third-order valence-corrected chi connectivity index (χ3v) is 4.70. The van der Waals surface area contributed by atoms with Gasteiger partial charge in [0, 0.05) is 15.1 Å². The number of hydrogen-bond acceptors (Lipinski definition) is 3. The lowest BCUT2D eigenvalue weighted by Gasteiger charge is -2.14. The number of benzene rings is 2. The van der Waals surface area contributed by atoms with Gasteiger partial charge in [-0.25, -0.2) is 0 Å². The van der Waals surface area contributed by atoms with E-state index in [1.54, 1.807) is 11.8 Å². The smallest absolute Gasteiger partial charge is 0.279 e. The van der Waals surface area contributed by atoms with Crippen LogP contribution in [0, 0.1) is 0 Å². The second kappa shape index (κ2) is 9.60. The van der Waals surface area contributed by atoms with Crippen molar-refractivity contribution in [1.29, 1.82) is 0 Å². The van der Waals surface area contributed by atoms with E-state index in [1.165, 1.54) is 0 Å². The summed E-state index contributed by atoms with van der Waals surface area (Å²) < 4.78 is 0.901. The number of hydrogen-bond donors (Lipinski definition) is 3. The van der Waals surface area contributed by atoms with Crippen LogP contribution < -0.4 is 15.5 Å². The summed E-state index contributed by atoms with van der Waals surface area (Å²) in [5.74, 6) is -0.248. The summed E-state index contributed by atoms with van der Waals surface area (Å²) >= 11 is 4.95. The van der Waals surface area contributed by atoms with Gasteiger partial charge in [-0.05, 0) is 36.6 Å². The van der Waals surface area contributed by atoms with E-state index in [9.17, 15) is 9.59 Å². The Kier molecular flexibility index (Phi) is 7.49. The molecule has 0 radical (unpaired) electrons. The van der Waals surface area contributed by atoms with Gasteiger partial charge in [-0.1, -0.05) is 34.1 Å². The van der Waals surface area contributed by atoms with Gasteiger partial charge >= 0.3 is 0 Å². The molecule has 1 unspecified atom stereocenters.